The molecule has 0 spiro atoms. The van der Waals surface area contributed by atoms with Gasteiger partial charge in [-0.2, -0.15) is 4.98 Å². The van der Waals surface area contributed by atoms with E-state index >= 15 is 0 Å². The third-order valence-electron chi connectivity index (χ3n) is 3.88. The Labute approximate surface area is 142 Å². The molecular formula is C17H13ClFN5. The number of hydrogen-bond acceptors (Lipinski definition) is 3. The summed E-state index contributed by atoms with van der Waals surface area (Å²) in [6, 6.07) is 10.2. The van der Waals surface area contributed by atoms with Gasteiger partial charge in [0.05, 0.1) is 0 Å². The van der Waals surface area contributed by atoms with Crippen LogP contribution >= 0.6 is 11.6 Å². The van der Waals surface area contributed by atoms with Gasteiger partial charge in [-0.05, 0) is 50.2 Å². The maximum atomic E-state index is 14.0. The maximum absolute atomic E-state index is 14.0. The minimum atomic E-state index is -0.430. The highest BCUT2D eigenvalue weighted by molar-refractivity contribution is 6.29. The van der Waals surface area contributed by atoms with Crippen molar-refractivity contribution >= 4 is 17.2 Å². The summed E-state index contributed by atoms with van der Waals surface area (Å²) in [7, 11) is 0. The fourth-order valence-electron chi connectivity index (χ4n) is 2.72. The molecule has 4 heterocycles. The molecule has 4 aromatic rings. The van der Waals surface area contributed by atoms with Crippen molar-refractivity contribution in [1.82, 2.24) is 24.1 Å². The number of nitrogens with zero attached hydrogens (tertiary/aromatic N) is 5. The van der Waals surface area contributed by atoms with Crippen molar-refractivity contribution in [3.8, 4) is 17.2 Å². The number of aryl methyl sites for hydroxylation is 2. The Morgan fingerprint density at radius 2 is 1.75 bits per heavy atom. The van der Waals surface area contributed by atoms with Crippen LogP contribution < -0.4 is 0 Å². The topological polar surface area (TPSA) is 48.0 Å². The number of rotatable bonds is 2. The van der Waals surface area contributed by atoms with E-state index in [1.54, 1.807) is 22.8 Å². The summed E-state index contributed by atoms with van der Waals surface area (Å²) in [5.74, 6) is 0.146. The maximum Gasteiger partial charge on any atom is 0.254 e. The quantitative estimate of drug-likeness (QED) is 0.518. The summed E-state index contributed by atoms with van der Waals surface area (Å²) in [5.41, 5.74) is 3.50. The smallest absolute Gasteiger partial charge is 0.254 e. The molecule has 4 rings (SSSR count). The number of fused-ring (bicyclic) bond motifs is 1. The fraction of sp³-hybridized carbons (Fsp3) is 0.118. The van der Waals surface area contributed by atoms with Gasteiger partial charge in [-0.1, -0.05) is 11.6 Å². The highest BCUT2D eigenvalue weighted by Crippen LogP contribution is 2.24. The summed E-state index contributed by atoms with van der Waals surface area (Å²) in [6.45, 7) is 3.99. The highest BCUT2D eigenvalue weighted by atomic mass is 35.5. The number of hydrogen-bond donors (Lipinski definition) is 0. The van der Waals surface area contributed by atoms with Crippen molar-refractivity contribution in [2.24, 2.45) is 0 Å². The van der Waals surface area contributed by atoms with Crippen molar-refractivity contribution in [2.75, 3.05) is 0 Å². The Balaban J connectivity index is 1.86. The molecule has 0 unspecified atom stereocenters. The zero-order chi connectivity index (χ0) is 16.8. The van der Waals surface area contributed by atoms with Crippen LogP contribution in [0.4, 0.5) is 4.39 Å². The van der Waals surface area contributed by atoms with Crippen LogP contribution in [0.5, 0.6) is 0 Å². The molecule has 0 saturated heterocycles. The molecule has 7 heteroatoms. The average molecular weight is 342 g/mol. The van der Waals surface area contributed by atoms with Crippen molar-refractivity contribution in [2.45, 2.75) is 13.8 Å². The molecule has 24 heavy (non-hydrogen) atoms. The van der Waals surface area contributed by atoms with Crippen LogP contribution in [0.25, 0.3) is 22.9 Å². The molecule has 0 fully saturated rings. The number of pyridine rings is 2. The Bertz CT molecular complexity index is 1050. The van der Waals surface area contributed by atoms with E-state index < -0.39 is 5.82 Å². The minimum Gasteiger partial charge on any atom is -0.286 e. The lowest BCUT2D eigenvalue weighted by Gasteiger charge is -2.03. The van der Waals surface area contributed by atoms with E-state index in [0.29, 0.717) is 17.2 Å². The summed E-state index contributed by atoms with van der Waals surface area (Å²) < 4.78 is 17.6. The monoisotopic (exact) mass is 341 g/mol. The molecule has 0 aliphatic rings. The lowest BCUT2D eigenvalue weighted by molar-refractivity contribution is 0.626. The number of halogens is 2. The first-order chi connectivity index (χ1) is 11.5. The van der Waals surface area contributed by atoms with Crippen LogP contribution in [0.15, 0.2) is 42.6 Å². The van der Waals surface area contributed by atoms with Gasteiger partial charge in [0.25, 0.3) is 5.95 Å². The Hall–Kier alpha value is -2.73. The largest absolute Gasteiger partial charge is 0.286 e. The molecular weight excluding hydrogens is 329 g/mol. The second-order valence-electron chi connectivity index (χ2n) is 5.55. The third kappa shape index (κ3) is 2.35. The molecule has 0 amide bonds. The molecule has 0 bridgehead atoms. The van der Waals surface area contributed by atoms with Crippen molar-refractivity contribution in [3.05, 3.63) is 65.0 Å². The lowest BCUT2D eigenvalue weighted by Crippen LogP contribution is -2.01. The molecule has 4 aromatic heterocycles. The first-order valence-electron chi connectivity index (χ1n) is 7.37. The van der Waals surface area contributed by atoms with Crippen molar-refractivity contribution < 1.29 is 4.39 Å². The molecule has 0 radical (unpaired) electrons. The van der Waals surface area contributed by atoms with Gasteiger partial charge in [0.2, 0.25) is 0 Å². The van der Waals surface area contributed by atoms with E-state index in [2.05, 4.69) is 15.1 Å². The van der Waals surface area contributed by atoms with E-state index in [1.807, 2.05) is 30.5 Å². The van der Waals surface area contributed by atoms with Gasteiger partial charge < -0.3 is 0 Å². The van der Waals surface area contributed by atoms with Crippen molar-refractivity contribution in [1.29, 1.82) is 0 Å². The van der Waals surface area contributed by atoms with E-state index in [9.17, 15) is 4.39 Å². The molecule has 0 aliphatic heterocycles. The third-order valence-corrected chi connectivity index (χ3v) is 4.09. The molecule has 0 aliphatic carbocycles. The van der Waals surface area contributed by atoms with Crippen LogP contribution in [-0.4, -0.2) is 24.1 Å². The summed E-state index contributed by atoms with van der Waals surface area (Å²) in [6.07, 6.45) is 1.73. The van der Waals surface area contributed by atoms with E-state index in [1.165, 1.54) is 12.1 Å². The van der Waals surface area contributed by atoms with Crippen LogP contribution in [-0.2, 0) is 0 Å². The summed E-state index contributed by atoms with van der Waals surface area (Å²) in [5, 5.41) is 4.72. The standard InChI is InChI=1S/C17H13ClFN5/c1-10-3-4-11(2)24(10)17-21-15-9-12(7-8-23(15)22-17)16-13(19)5-6-14(18)20-16/h3-9H,1-2H3. The Kier molecular flexibility index (Phi) is 3.35. The van der Waals surface area contributed by atoms with Crippen LogP contribution in [0, 0.1) is 19.7 Å². The van der Waals surface area contributed by atoms with Gasteiger partial charge in [-0.3, -0.25) is 4.57 Å². The molecule has 0 atom stereocenters. The van der Waals surface area contributed by atoms with Gasteiger partial charge in [0.1, 0.15) is 16.7 Å². The fourth-order valence-corrected chi connectivity index (χ4v) is 2.86. The second kappa shape index (κ2) is 5.42. The first-order valence-corrected chi connectivity index (χ1v) is 7.75. The van der Waals surface area contributed by atoms with Gasteiger partial charge >= 0.3 is 0 Å². The van der Waals surface area contributed by atoms with Crippen molar-refractivity contribution in [3.63, 3.8) is 0 Å². The molecule has 120 valence electrons. The van der Waals surface area contributed by atoms with Gasteiger partial charge in [-0.25, -0.2) is 13.9 Å². The minimum absolute atomic E-state index is 0.197. The van der Waals surface area contributed by atoms with Crippen LogP contribution in [0.3, 0.4) is 0 Å². The Morgan fingerprint density at radius 3 is 2.50 bits per heavy atom. The van der Waals surface area contributed by atoms with Crippen LogP contribution in [0.2, 0.25) is 5.15 Å². The van der Waals surface area contributed by atoms with Gasteiger partial charge in [0, 0.05) is 23.1 Å². The average Bonchev–Trinajstić information content (AvgIpc) is 3.11. The van der Waals surface area contributed by atoms with E-state index in [4.69, 9.17) is 11.6 Å². The molecule has 0 N–H and O–H groups in total. The van der Waals surface area contributed by atoms with Gasteiger partial charge in [0.15, 0.2) is 5.65 Å². The Morgan fingerprint density at radius 1 is 1.00 bits per heavy atom. The lowest BCUT2D eigenvalue weighted by atomic mass is 10.1. The predicted octanol–water partition coefficient (Wildman–Crippen LogP) is 3.99. The first kappa shape index (κ1) is 14.8. The normalized spacial score (nSPS) is 11.3. The second-order valence-corrected chi connectivity index (χ2v) is 5.93. The SMILES string of the molecule is Cc1ccc(C)n1-c1nc2cc(-c3nc(Cl)ccc3F)ccn2n1. The van der Waals surface area contributed by atoms with E-state index in [0.717, 1.165) is 11.4 Å². The zero-order valence-corrected chi connectivity index (χ0v) is 13.8. The summed E-state index contributed by atoms with van der Waals surface area (Å²) in [4.78, 5) is 8.61. The highest BCUT2D eigenvalue weighted by Gasteiger charge is 2.13. The molecule has 0 saturated carbocycles. The predicted molar refractivity (Wildman–Crippen MR) is 90.0 cm³/mol. The number of aromatic nitrogens is 5. The molecule has 5 nitrogen and oxygen atoms in total. The summed E-state index contributed by atoms with van der Waals surface area (Å²) >= 11 is 5.88. The van der Waals surface area contributed by atoms with E-state index in [-0.39, 0.29) is 10.8 Å². The molecule has 0 aromatic carbocycles. The zero-order valence-electron chi connectivity index (χ0n) is 13.0. The van der Waals surface area contributed by atoms with Gasteiger partial charge in [-0.15, -0.1) is 5.10 Å². The van der Waals surface area contributed by atoms with Crippen LogP contribution in [0.1, 0.15) is 11.4 Å².